The minimum atomic E-state index is -0.475. The summed E-state index contributed by atoms with van der Waals surface area (Å²) in [6, 6.07) is 8.48. The second-order valence-corrected chi connectivity index (χ2v) is 7.73. The summed E-state index contributed by atoms with van der Waals surface area (Å²) in [5.74, 6) is 1.56. The van der Waals surface area contributed by atoms with Crippen molar-refractivity contribution in [2.24, 2.45) is 0 Å². The summed E-state index contributed by atoms with van der Waals surface area (Å²) < 4.78 is 5.79. The van der Waals surface area contributed by atoms with Gasteiger partial charge in [0.2, 0.25) is 0 Å². The van der Waals surface area contributed by atoms with Crippen LogP contribution in [-0.2, 0) is 0 Å². The molecule has 1 aromatic carbocycles. The topological polar surface area (TPSA) is 56.2 Å². The van der Waals surface area contributed by atoms with Crippen molar-refractivity contribution in [1.82, 2.24) is 9.80 Å². The predicted molar refractivity (Wildman–Crippen MR) is 104 cm³/mol. The first-order chi connectivity index (χ1) is 12.7. The summed E-state index contributed by atoms with van der Waals surface area (Å²) in [5, 5.41) is 19.3. The molecule has 0 spiro atoms. The molecule has 2 aliphatic rings. The highest BCUT2D eigenvalue weighted by molar-refractivity contribution is 5.29. The van der Waals surface area contributed by atoms with Gasteiger partial charge < -0.3 is 14.9 Å². The summed E-state index contributed by atoms with van der Waals surface area (Å²) in [7, 11) is 0. The number of aliphatic hydroxyl groups is 2. The number of aliphatic hydroxyl groups excluding tert-OH is 2. The minimum absolute atomic E-state index is 0.218. The van der Waals surface area contributed by atoms with Crippen molar-refractivity contribution >= 4 is 0 Å². The lowest BCUT2D eigenvalue weighted by molar-refractivity contribution is 0.0428. The average Bonchev–Trinajstić information content (AvgIpc) is 2.69. The molecule has 3 rings (SSSR count). The van der Waals surface area contributed by atoms with Crippen LogP contribution in [0.15, 0.2) is 24.3 Å². The van der Waals surface area contributed by atoms with Crippen LogP contribution < -0.4 is 4.74 Å². The van der Waals surface area contributed by atoms with E-state index in [2.05, 4.69) is 21.9 Å². The smallest absolute Gasteiger partial charge is 0.119 e. The minimum Gasteiger partial charge on any atom is -0.491 e. The zero-order valence-corrected chi connectivity index (χ0v) is 15.9. The van der Waals surface area contributed by atoms with Gasteiger partial charge in [-0.15, -0.1) is 0 Å². The van der Waals surface area contributed by atoms with Crippen LogP contribution in [0.3, 0.4) is 0 Å². The standard InChI is InChI=1S/C21H34N2O3/c24-15-14-22-10-12-23(13-11-22)16-20(25)17-26-21-8-6-19(7-9-21)18-4-2-1-3-5-18/h6-9,18,20,24-25H,1-5,10-17H2/t20-/m1/s1. The lowest BCUT2D eigenvalue weighted by atomic mass is 9.84. The van der Waals surface area contributed by atoms with Gasteiger partial charge >= 0.3 is 0 Å². The Morgan fingerprint density at radius 3 is 2.27 bits per heavy atom. The molecule has 2 N–H and O–H groups in total. The lowest BCUT2D eigenvalue weighted by Gasteiger charge is -2.35. The van der Waals surface area contributed by atoms with E-state index < -0.39 is 6.10 Å². The molecular weight excluding hydrogens is 328 g/mol. The number of nitrogens with zero attached hydrogens (tertiary/aromatic N) is 2. The van der Waals surface area contributed by atoms with Gasteiger partial charge in [0.25, 0.3) is 0 Å². The Labute approximate surface area is 157 Å². The Balaban J connectivity index is 1.37. The third-order valence-electron chi connectivity index (χ3n) is 5.75. The molecule has 1 atom stereocenters. The van der Waals surface area contributed by atoms with Gasteiger partial charge in [-0.3, -0.25) is 9.80 Å². The second kappa shape index (κ2) is 10.3. The maximum atomic E-state index is 10.3. The molecule has 1 aliphatic heterocycles. The molecule has 1 saturated carbocycles. The van der Waals surface area contributed by atoms with Crippen molar-refractivity contribution in [2.45, 2.75) is 44.1 Å². The fourth-order valence-electron chi connectivity index (χ4n) is 4.15. The molecule has 0 amide bonds. The van der Waals surface area contributed by atoms with Gasteiger partial charge in [-0.1, -0.05) is 31.4 Å². The van der Waals surface area contributed by atoms with Gasteiger partial charge in [0.15, 0.2) is 0 Å². The predicted octanol–water partition coefficient (Wildman–Crippen LogP) is 2.08. The molecule has 1 heterocycles. The van der Waals surface area contributed by atoms with E-state index in [9.17, 15) is 5.11 Å². The number of hydrogen-bond donors (Lipinski definition) is 2. The fraction of sp³-hybridized carbons (Fsp3) is 0.714. The van der Waals surface area contributed by atoms with Crippen LogP contribution in [0.4, 0.5) is 0 Å². The van der Waals surface area contributed by atoms with Gasteiger partial charge in [0.1, 0.15) is 18.5 Å². The van der Waals surface area contributed by atoms with E-state index in [0.29, 0.717) is 19.1 Å². The maximum Gasteiger partial charge on any atom is 0.119 e. The van der Waals surface area contributed by atoms with E-state index in [-0.39, 0.29) is 6.61 Å². The number of ether oxygens (including phenoxy) is 1. The summed E-state index contributed by atoms with van der Waals surface area (Å²) in [4.78, 5) is 4.53. The van der Waals surface area contributed by atoms with Crippen molar-refractivity contribution in [2.75, 3.05) is 52.5 Å². The maximum absolute atomic E-state index is 10.3. The summed E-state index contributed by atoms with van der Waals surface area (Å²) in [6.07, 6.45) is 6.23. The van der Waals surface area contributed by atoms with Crippen molar-refractivity contribution < 1.29 is 14.9 Å². The molecule has 0 unspecified atom stereocenters. The van der Waals surface area contributed by atoms with E-state index in [0.717, 1.165) is 38.5 Å². The van der Waals surface area contributed by atoms with Gasteiger partial charge in [-0.05, 0) is 36.5 Å². The van der Waals surface area contributed by atoms with Crippen molar-refractivity contribution in [3.05, 3.63) is 29.8 Å². The van der Waals surface area contributed by atoms with E-state index in [1.165, 1.54) is 37.7 Å². The molecule has 0 bridgehead atoms. The zero-order chi connectivity index (χ0) is 18.2. The largest absolute Gasteiger partial charge is 0.491 e. The average molecular weight is 363 g/mol. The Kier molecular flexibility index (Phi) is 7.74. The monoisotopic (exact) mass is 362 g/mol. The molecule has 26 heavy (non-hydrogen) atoms. The number of benzene rings is 1. The fourth-order valence-corrected chi connectivity index (χ4v) is 4.15. The molecule has 2 fully saturated rings. The zero-order valence-electron chi connectivity index (χ0n) is 15.9. The quantitative estimate of drug-likeness (QED) is 0.742. The van der Waals surface area contributed by atoms with Crippen LogP contribution in [0.25, 0.3) is 0 Å². The van der Waals surface area contributed by atoms with Gasteiger partial charge in [0, 0.05) is 39.3 Å². The third-order valence-corrected chi connectivity index (χ3v) is 5.75. The highest BCUT2D eigenvalue weighted by Crippen LogP contribution is 2.33. The first-order valence-electron chi connectivity index (χ1n) is 10.2. The summed E-state index contributed by atoms with van der Waals surface area (Å²) >= 11 is 0. The first-order valence-corrected chi connectivity index (χ1v) is 10.2. The number of hydrogen-bond acceptors (Lipinski definition) is 5. The van der Waals surface area contributed by atoms with Crippen molar-refractivity contribution in [3.63, 3.8) is 0 Å². The Hall–Kier alpha value is -1.14. The third kappa shape index (κ3) is 5.95. The van der Waals surface area contributed by atoms with Gasteiger partial charge in [-0.2, -0.15) is 0 Å². The molecular formula is C21H34N2O3. The Morgan fingerprint density at radius 2 is 1.62 bits per heavy atom. The van der Waals surface area contributed by atoms with Crippen LogP contribution in [-0.4, -0.2) is 78.6 Å². The molecule has 0 radical (unpaired) electrons. The molecule has 1 saturated heterocycles. The van der Waals surface area contributed by atoms with Crippen LogP contribution in [0.5, 0.6) is 5.75 Å². The highest BCUT2D eigenvalue weighted by Gasteiger charge is 2.19. The normalized spacial score (nSPS) is 21.6. The molecule has 1 aromatic rings. The van der Waals surface area contributed by atoms with Crippen LogP contribution >= 0.6 is 0 Å². The molecule has 0 aromatic heterocycles. The highest BCUT2D eigenvalue weighted by atomic mass is 16.5. The van der Waals surface area contributed by atoms with E-state index >= 15 is 0 Å². The number of β-amino-alcohol motifs (C(OH)–C–C–N with tert-alkyl or cyclic N) is 2. The van der Waals surface area contributed by atoms with Crippen LogP contribution in [0.2, 0.25) is 0 Å². The van der Waals surface area contributed by atoms with Crippen LogP contribution in [0.1, 0.15) is 43.6 Å². The van der Waals surface area contributed by atoms with E-state index in [4.69, 9.17) is 9.84 Å². The van der Waals surface area contributed by atoms with E-state index in [1.54, 1.807) is 0 Å². The number of piperazine rings is 1. The molecule has 1 aliphatic carbocycles. The van der Waals surface area contributed by atoms with Gasteiger partial charge in [0.05, 0.1) is 6.61 Å². The Morgan fingerprint density at radius 1 is 0.962 bits per heavy atom. The van der Waals surface area contributed by atoms with Crippen LogP contribution in [0, 0.1) is 0 Å². The Bertz CT molecular complexity index is 508. The lowest BCUT2D eigenvalue weighted by Crippen LogP contribution is -2.49. The summed E-state index contributed by atoms with van der Waals surface area (Å²) in [6.45, 7) is 5.73. The van der Waals surface area contributed by atoms with Gasteiger partial charge in [-0.25, -0.2) is 0 Å². The first kappa shape index (κ1) is 19.6. The molecule has 5 nitrogen and oxygen atoms in total. The van der Waals surface area contributed by atoms with Crippen molar-refractivity contribution in [3.8, 4) is 5.75 Å². The molecule has 5 heteroatoms. The number of rotatable bonds is 8. The SMILES string of the molecule is OCCN1CCN(C[C@@H](O)COc2ccc(C3CCCCC3)cc2)CC1. The van der Waals surface area contributed by atoms with Crippen molar-refractivity contribution in [1.29, 1.82) is 0 Å². The second-order valence-electron chi connectivity index (χ2n) is 7.73. The van der Waals surface area contributed by atoms with E-state index in [1.807, 2.05) is 12.1 Å². The summed E-state index contributed by atoms with van der Waals surface area (Å²) in [5.41, 5.74) is 1.43. The molecule has 146 valence electrons.